The van der Waals surface area contributed by atoms with Crippen LogP contribution in [0.25, 0.3) is 22.2 Å². The zero-order valence-corrected chi connectivity index (χ0v) is 16.0. The third-order valence-electron chi connectivity index (χ3n) is 5.57. The molecule has 3 aromatic rings. The third kappa shape index (κ3) is 2.70. The minimum atomic E-state index is -0.420. The van der Waals surface area contributed by atoms with Crippen molar-refractivity contribution in [2.45, 2.75) is 32.0 Å². The van der Waals surface area contributed by atoms with Crippen LogP contribution in [0.1, 0.15) is 31.0 Å². The number of amides is 1. The van der Waals surface area contributed by atoms with Gasteiger partial charge in [0.05, 0.1) is 36.3 Å². The second-order valence-corrected chi connectivity index (χ2v) is 7.56. The minimum absolute atomic E-state index is 0.142. The van der Waals surface area contributed by atoms with E-state index < -0.39 is 5.60 Å². The molecule has 1 spiro atoms. The van der Waals surface area contributed by atoms with E-state index in [-0.39, 0.29) is 5.91 Å². The number of ether oxygens (including phenoxy) is 2. The van der Waals surface area contributed by atoms with Crippen LogP contribution < -0.4 is 5.32 Å². The first kappa shape index (κ1) is 17.3. The predicted octanol–water partition coefficient (Wildman–Crippen LogP) is 3.13. The van der Waals surface area contributed by atoms with Gasteiger partial charge in [0, 0.05) is 43.3 Å². The normalized spacial score (nSPS) is 21.2. The summed E-state index contributed by atoms with van der Waals surface area (Å²) < 4.78 is 13.9. The summed E-state index contributed by atoms with van der Waals surface area (Å²) in [5.41, 5.74) is 4.59. The average Bonchev–Trinajstić information content (AvgIpc) is 3.20. The lowest BCUT2D eigenvalue weighted by Gasteiger charge is -2.32. The number of nitrogens with zero attached hydrogens (tertiary/aromatic N) is 3. The Kier molecular flexibility index (Phi) is 3.96. The van der Waals surface area contributed by atoms with E-state index in [0.717, 1.165) is 52.9 Å². The number of anilines is 1. The Labute approximate surface area is 162 Å². The Balaban J connectivity index is 1.63. The summed E-state index contributed by atoms with van der Waals surface area (Å²) in [7, 11) is 1.98. The number of fused-ring (bicyclic) bond motifs is 3. The quantitative estimate of drug-likeness (QED) is 0.741. The fraction of sp³-hybridized carbons (Fsp3) is 0.381. The summed E-state index contributed by atoms with van der Waals surface area (Å²) in [4.78, 5) is 20.8. The van der Waals surface area contributed by atoms with Crippen molar-refractivity contribution in [3.8, 4) is 11.3 Å². The molecule has 5 heterocycles. The second kappa shape index (κ2) is 6.39. The highest BCUT2D eigenvalue weighted by molar-refractivity contribution is 5.98. The molecule has 7 heteroatoms. The van der Waals surface area contributed by atoms with Crippen molar-refractivity contribution in [2.24, 2.45) is 7.05 Å². The maximum atomic E-state index is 11.4. The smallest absolute Gasteiger partial charge is 0.222 e. The highest BCUT2D eigenvalue weighted by atomic mass is 16.5. The monoisotopic (exact) mass is 378 g/mol. The van der Waals surface area contributed by atoms with Crippen LogP contribution in [0.15, 0.2) is 30.6 Å². The molecule has 0 saturated carbocycles. The second-order valence-electron chi connectivity index (χ2n) is 7.56. The van der Waals surface area contributed by atoms with Gasteiger partial charge in [-0.25, -0.2) is 9.97 Å². The van der Waals surface area contributed by atoms with Gasteiger partial charge < -0.3 is 19.4 Å². The third-order valence-corrected chi connectivity index (χ3v) is 5.57. The van der Waals surface area contributed by atoms with Crippen LogP contribution in [0.2, 0.25) is 0 Å². The Bertz CT molecular complexity index is 1080. The lowest BCUT2D eigenvalue weighted by Crippen LogP contribution is -2.36. The SMILES string of the molecule is CC(=O)Nc1cc2c(-c3ccc4c(n3)C3(CCCOC3)OC4)cn(C)c2cn1. The Hall–Kier alpha value is -2.77. The molecule has 1 amide bonds. The molecule has 1 N–H and O–H groups in total. The molecule has 2 aliphatic rings. The van der Waals surface area contributed by atoms with Crippen molar-refractivity contribution in [2.75, 3.05) is 18.5 Å². The molecule has 144 valence electrons. The predicted molar refractivity (Wildman–Crippen MR) is 105 cm³/mol. The number of hydrogen-bond donors (Lipinski definition) is 1. The molecular weight excluding hydrogens is 356 g/mol. The van der Waals surface area contributed by atoms with Crippen molar-refractivity contribution in [3.63, 3.8) is 0 Å². The van der Waals surface area contributed by atoms with E-state index in [4.69, 9.17) is 14.5 Å². The summed E-state index contributed by atoms with van der Waals surface area (Å²) in [5, 5.41) is 3.76. The van der Waals surface area contributed by atoms with Gasteiger partial charge in [0.15, 0.2) is 0 Å². The summed E-state index contributed by atoms with van der Waals surface area (Å²) in [6, 6.07) is 6.05. The van der Waals surface area contributed by atoms with Crippen LogP contribution in [-0.2, 0) is 33.5 Å². The molecule has 1 unspecified atom stereocenters. The summed E-state index contributed by atoms with van der Waals surface area (Å²) in [5.74, 6) is 0.394. The van der Waals surface area contributed by atoms with Crippen LogP contribution in [-0.4, -0.2) is 33.7 Å². The number of aromatic nitrogens is 3. The minimum Gasteiger partial charge on any atom is -0.378 e. The van der Waals surface area contributed by atoms with Crippen LogP contribution in [0.5, 0.6) is 0 Å². The van der Waals surface area contributed by atoms with Gasteiger partial charge in [-0.05, 0) is 25.0 Å². The van der Waals surface area contributed by atoms with Crippen molar-refractivity contribution in [1.82, 2.24) is 14.5 Å². The van der Waals surface area contributed by atoms with Gasteiger partial charge in [0.25, 0.3) is 0 Å². The van der Waals surface area contributed by atoms with Gasteiger partial charge in [-0.3, -0.25) is 4.79 Å². The van der Waals surface area contributed by atoms with Crippen LogP contribution in [0, 0.1) is 0 Å². The number of pyridine rings is 2. The van der Waals surface area contributed by atoms with Gasteiger partial charge >= 0.3 is 0 Å². The summed E-state index contributed by atoms with van der Waals surface area (Å²) >= 11 is 0. The first-order valence-electron chi connectivity index (χ1n) is 9.51. The molecule has 5 rings (SSSR count). The fourth-order valence-electron chi connectivity index (χ4n) is 4.23. The molecule has 7 nitrogen and oxygen atoms in total. The first-order chi connectivity index (χ1) is 13.6. The van der Waals surface area contributed by atoms with Crippen molar-refractivity contribution >= 4 is 22.6 Å². The van der Waals surface area contributed by atoms with Crippen LogP contribution in [0.3, 0.4) is 0 Å². The summed E-state index contributed by atoms with van der Waals surface area (Å²) in [6.07, 6.45) is 5.74. The van der Waals surface area contributed by atoms with Gasteiger partial charge in [-0.15, -0.1) is 0 Å². The van der Waals surface area contributed by atoms with E-state index in [0.29, 0.717) is 19.0 Å². The van der Waals surface area contributed by atoms with Crippen molar-refractivity contribution < 1.29 is 14.3 Å². The van der Waals surface area contributed by atoms with Gasteiger partial charge in [0.1, 0.15) is 11.4 Å². The van der Waals surface area contributed by atoms with Crippen LogP contribution >= 0.6 is 0 Å². The molecule has 28 heavy (non-hydrogen) atoms. The maximum Gasteiger partial charge on any atom is 0.222 e. The number of aryl methyl sites for hydroxylation is 1. The highest BCUT2D eigenvalue weighted by Gasteiger charge is 2.43. The first-order valence-corrected chi connectivity index (χ1v) is 9.51. The number of hydrogen-bond acceptors (Lipinski definition) is 5. The molecule has 1 fully saturated rings. The molecular formula is C21H22N4O3. The number of nitrogens with one attached hydrogen (secondary N) is 1. The topological polar surface area (TPSA) is 78.3 Å². The molecule has 1 atom stereocenters. The Morgan fingerprint density at radius 1 is 1.36 bits per heavy atom. The van der Waals surface area contributed by atoms with E-state index in [1.165, 1.54) is 6.92 Å². The zero-order chi connectivity index (χ0) is 19.3. The zero-order valence-electron chi connectivity index (χ0n) is 16.0. The molecule has 3 aromatic heterocycles. The van der Waals surface area contributed by atoms with Gasteiger partial charge in [-0.2, -0.15) is 0 Å². The van der Waals surface area contributed by atoms with Crippen molar-refractivity contribution in [1.29, 1.82) is 0 Å². The Morgan fingerprint density at radius 3 is 3.04 bits per heavy atom. The fourth-order valence-corrected chi connectivity index (χ4v) is 4.23. The van der Waals surface area contributed by atoms with Gasteiger partial charge in [0.2, 0.25) is 5.91 Å². The molecule has 1 saturated heterocycles. The molecule has 2 aliphatic heterocycles. The van der Waals surface area contributed by atoms with E-state index in [1.54, 1.807) is 6.20 Å². The van der Waals surface area contributed by atoms with E-state index >= 15 is 0 Å². The number of carbonyl (C=O) groups is 1. The average molecular weight is 378 g/mol. The lowest BCUT2D eigenvalue weighted by molar-refractivity contribution is -0.127. The van der Waals surface area contributed by atoms with Gasteiger partial charge in [-0.1, -0.05) is 6.07 Å². The standard InChI is InChI=1S/C21H22N4O3/c1-13(26)23-19-8-15-16(10-25(2)18(15)9-22-19)17-5-4-14-11-28-21(20(14)24-17)6-3-7-27-12-21/h4-5,8-10H,3,6-7,11-12H2,1-2H3,(H,22,23,26). The van der Waals surface area contributed by atoms with Crippen LogP contribution in [0.4, 0.5) is 5.82 Å². The molecule has 0 aromatic carbocycles. The molecule has 0 radical (unpaired) electrons. The van der Waals surface area contributed by atoms with E-state index in [2.05, 4.69) is 22.6 Å². The lowest BCUT2D eigenvalue weighted by atomic mass is 9.91. The number of rotatable bonds is 2. The molecule has 0 aliphatic carbocycles. The maximum absolute atomic E-state index is 11.4. The largest absolute Gasteiger partial charge is 0.378 e. The van der Waals surface area contributed by atoms with E-state index in [1.807, 2.05) is 23.7 Å². The van der Waals surface area contributed by atoms with Crippen molar-refractivity contribution in [3.05, 3.63) is 41.9 Å². The summed E-state index contributed by atoms with van der Waals surface area (Å²) in [6.45, 7) is 3.40. The number of carbonyl (C=O) groups excluding carboxylic acids is 1. The highest BCUT2D eigenvalue weighted by Crippen LogP contribution is 2.42. The molecule has 0 bridgehead atoms. The van der Waals surface area contributed by atoms with E-state index in [9.17, 15) is 4.79 Å². The Morgan fingerprint density at radius 2 is 2.25 bits per heavy atom.